The van der Waals surface area contributed by atoms with Crippen LogP contribution in [0, 0.1) is 11.3 Å². The van der Waals surface area contributed by atoms with E-state index in [1.54, 1.807) is 11.8 Å². The first-order valence-corrected chi connectivity index (χ1v) is 7.58. The van der Waals surface area contributed by atoms with Gasteiger partial charge >= 0.3 is 0 Å². The molecule has 1 atom stereocenters. The lowest BCUT2D eigenvalue weighted by atomic mass is 10.0. The van der Waals surface area contributed by atoms with Crippen molar-refractivity contribution in [3.63, 3.8) is 0 Å². The molecular formula is C16H17N3S. The first-order valence-electron chi connectivity index (χ1n) is 6.36. The molecule has 2 aromatic carbocycles. The Hall–Kier alpha value is -1.80. The van der Waals surface area contributed by atoms with Gasteiger partial charge in [-0.15, -0.1) is 11.8 Å². The molecule has 0 fully saturated rings. The van der Waals surface area contributed by atoms with Crippen molar-refractivity contribution < 1.29 is 0 Å². The molecule has 2 aromatic rings. The Kier molecular flexibility index (Phi) is 5.19. The van der Waals surface area contributed by atoms with Gasteiger partial charge in [0.05, 0.1) is 6.07 Å². The summed E-state index contributed by atoms with van der Waals surface area (Å²) in [6, 6.07) is 18.5. The molecule has 0 amide bonds. The summed E-state index contributed by atoms with van der Waals surface area (Å²) in [6.07, 6.45) is 2.68. The van der Waals surface area contributed by atoms with E-state index in [1.165, 1.54) is 16.0 Å². The van der Waals surface area contributed by atoms with E-state index in [1.807, 2.05) is 12.1 Å². The van der Waals surface area contributed by atoms with E-state index in [2.05, 4.69) is 54.1 Å². The van der Waals surface area contributed by atoms with Gasteiger partial charge in [-0.2, -0.15) is 5.26 Å². The van der Waals surface area contributed by atoms with E-state index in [0.717, 1.165) is 5.56 Å². The third-order valence-electron chi connectivity index (χ3n) is 3.15. The summed E-state index contributed by atoms with van der Waals surface area (Å²) in [5.41, 5.74) is 5.98. The quantitative estimate of drug-likeness (QED) is 0.503. The lowest BCUT2D eigenvalue weighted by Crippen LogP contribution is -2.35. The predicted molar refractivity (Wildman–Crippen MR) is 84.1 cm³/mol. The van der Waals surface area contributed by atoms with E-state index in [9.17, 15) is 0 Å². The van der Waals surface area contributed by atoms with Crippen LogP contribution in [0.4, 0.5) is 0 Å². The van der Waals surface area contributed by atoms with Crippen molar-refractivity contribution in [3.05, 3.63) is 54.1 Å². The highest BCUT2D eigenvalue weighted by Gasteiger charge is 2.06. The molecule has 2 rings (SSSR count). The first kappa shape index (κ1) is 14.6. The average Bonchev–Trinajstić information content (AvgIpc) is 2.53. The molecule has 0 aliphatic rings. The molecule has 0 heterocycles. The third-order valence-corrected chi connectivity index (χ3v) is 3.88. The monoisotopic (exact) mass is 283 g/mol. The summed E-state index contributed by atoms with van der Waals surface area (Å²) in [5, 5.41) is 8.88. The summed E-state index contributed by atoms with van der Waals surface area (Å²) in [4.78, 5) is 1.25. The molecule has 20 heavy (non-hydrogen) atoms. The molecule has 0 saturated carbocycles. The topological polar surface area (TPSA) is 61.8 Å². The standard InChI is InChI=1S/C16H17N3S/c1-20-16-4-2-3-14(10-16)13-7-5-12(6-8-13)9-15(11-17)19-18/h2-8,10,15,19H,9,18H2,1H3/t15-/m0/s1. The van der Waals surface area contributed by atoms with E-state index in [4.69, 9.17) is 11.1 Å². The minimum atomic E-state index is -0.347. The minimum Gasteiger partial charge on any atom is -0.270 e. The number of nitrogens with two attached hydrogens (primary N) is 1. The van der Waals surface area contributed by atoms with Crippen molar-refractivity contribution in [2.45, 2.75) is 17.4 Å². The maximum atomic E-state index is 8.88. The zero-order chi connectivity index (χ0) is 14.4. The van der Waals surface area contributed by atoms with Crippen molar-refractivity contribution in [3.8, 4) is 17.2 Å². The van der Waals surface area contributed by atoms with E-state index in [0.29, 0.717) is 6.42 Å². The van der Waals surface area contributed by atoms with E-state index >= 15 is 0 Å². The number of benzene rings is 2. The van der Waals surface area contributed by atoms with Gasteiger partial charge in [0.15, 0.2) is 0 Å². The molecule has 102 valence electrons. The first-order chi connectivity index (χ1) is 9.76. The van der Waals surface area contributed by atoms with Gasteiger partial charge in [-0.25, -0.2) is 5.43 Å². The Morgan fingerprint density at radius 1 is 1.20 bits per heavy atom. The number of thioether (sulfide) groups is 1. The molecule has 4 heteroatoms. The minimum absolute atomic E-state index is 0.347. The molecule has 0 saturated heterocycles. The average molecular weight is 283 g/mol. The highest BCUT2D eigenvalue weighted by molar-refractivity contribution is 7.98. The maximum absolute atomic E-state index is 8.88. The fraction of sp³-hybridized carbons (Fsp3) is 0.188. The largest absolute Gasteiger partial charge is 0.270 e. The molecule has 3 N–H and O–H groups in total. The van der Waals surface area contributed by atoms with Gasteiger partial charge in [0.25, 0.3) is 0 Å². The normalized spacial score (nSPS) is 11.8. The summed E-state index contributed by atoms with van der Waals surface area (Å²) >= 11 is 1.74. The molecule has 0 bridgehead atoms. The lowest BCUT2D eigenvalue weighted by molar-refractivity contribution is 0.627. The van der Waals surface area contributed by atoms with Gasteiger partial charge < -0.3 is 0 Å². The molecule has 0 aliphatic heterocycles. The third kappa shape index (κ3) is 3.61. The number of hydrazine groups is 1. The molecule has 0 aromatic heterocycles. The Bertz CT molecular complexity index is 602. The van der Waals surface area contributed by atoms with Crippen molar-refractivity contribution in [2.24, 2.45) is 5.84 Å². The summed E-state index contributed by atoms with van der Waals surface area (Å²) in [7, 11) is 0. The van der Waals surface area contributed by atoms with Crippen molar-refractivity contribution in [1.29, 1.82) is 5.26 Å². The van der Waals surface area contributed by atoms with Crippen LogP contribution in [0.1, 0.15) is 5.56 Å². The van der Waals surface area contributed by atoms with Crippen molar-refractivity contribution in [2.75, 3.05) is 6.26 Å². The highest BCUT2D eigenvalue weighted by Crippen LogP contribution is 2.24. The number of hydrogen-bond donors (Lipinski definition) is 2. The van der Waals surface area contributed by atoms with Crippen LogP contribution >= 0.6 is 11.8 Å². The second-order valence-electron chi connectivity index (χ2n) is 4.48. The second kappa shape index (κ2) is 7.11. The highest BCUT2D eigenvalue weighted by atomic mass is 32.2. The SMILES string of the molecule is CSc1cccc(-c2ccc(C[C@@H](C#N)NN)cc2)c1. The van der Waals surface area contributed by atoms with Crippen LogP contribution in [-0.4, -0.2) is 12.3 Å². The van der Waals surface area contributed by atoms with Gasteiger partial charge in [-0.05, 0) is 35.1 Å². The van der Waals surface area contributed by atoms with Crippen LogP contribution < -0.4 is 11.3 Å². The molecular weight excluding hydrogens is 266 g/mol. The van der Waals surface area contributed by atoms with Crippen LogP contribution in [-0.2, 0) is 6.42 Å². The molecule has 0 aliphatic carbocycles. The smallest absolute Gasteiger partial charge is 0.112 e. The molecule has 0 unspecified atom stereocenters. The Balaban J connectivity index is 2.17. The van der Waals surface area contributed by atoms with Crippen LogP contribution in [0.15, 0.2) is 53.4 Å². The predicted octanol–water partition coefficient (Wildman–Crippen LogP) is 2.97. The number of nitriles is 1. The Morgan fingerprint density at radius 3 is 2.55 bits per heavy atom. The van der Waals surface area contributed by atoms with Gasteiger partial charge in [-0.3, -0.25) is 5.84 Å². The van der Waals surface area contributed by atoms with Crippen LogP contribution in [0.25, 0.3) is 11.1 Å². The van der Waals surface area contributed by atoms with Crippen LogP contribution in [0.5, 0.6) is 0 Å². The summed E-state index contributed by atoms with van der Waals surface area (Å²) in [5.74, 6) is 5.31. The number of nitrogens with one attached hydrogen (secondary N) is 1. The molecule has 0 spiro atoms. The van der Waals surface area contributed by atoms with Crippen LogP contribution in [0.2, 0.25) is 0 Å². The summed E-state index contributed by atoms with van der Waals surface area (Å²) < 4.78 is 0. The summed E-state index contributed by atoms with van der Waals surface area (Å²) in [6.45, 7) is 0. The lowest BCUT2D eigenvalue weighted by Gasteiger charge is -2.09. The van der Waals surface area contributed by atoms with E-state index < -0.39 is 0 Å². The van der Waals surface area contributed by atoms with Gasteiger partial charge in [0.2, 0.25) is 0 Å². The van der Waals surface area contributed by atoms with Gasteiger partial charge in [0, 0.05) is 11.3 Å². The maximum Gasteiger partial charge on any atom is 0.112 e. The second-order valence-corrected chi connectivity index (χ2v) is 5.36. The van der Waals surface area contributed by atoms with Gasteiger partial charge in [-0.1, -0.05) is 36.4 Å². The fourth-order valence-corrected chi connectivity index (χ4v) is 2.47. The zero-order valence-corrected chi connectivity index (χ0v) is 12.2. The van der Waals surface area contributed by atoms with E-state index in [-0.39, 0.29) is 6.04 Å². The fourth-order valence-electron chi connectivity index (χ4n) is 2.01. The van der Waals surface area contributed by atoms with Gasteiger partial charge in [0.1, 0.15) is 6.04 Å². The number of rotatable bonds is 5. The molecule has 0 radical (unpaired) electrons. The number of nitrogens with zero attached hydrogens (tertiary/aromatic N) is 1. The Morgan fingerprint density at radius 2 is 1.95 bits per heavy atom. The number of hydrogen-bond acceptors (Lipinski definition) is 4. The van der Waals surface area contributed by atoms with Crippen molar-refractivity contribution >= 4 is 11.8 Å². The van der Waals surface area contributed by atoms with Crippen LogP contribution in [0.3, 0.4) is 0 Å². The molecule has 3 nitrogen and oxygen atoms in total. The zero-order valence-electron chi connectivity index (χ0n) is 11.3. The van der Waals surface area contributed by atoms with Crippen molar-refractivity contribution in [1.82, 2.24) is 5.43 Å². The Labute approximate surface area is 123 Å².